The maximum atomic E-state index is 14.9. The first kappa shape index (κ1) is 22.0. The van der Waals surface area contributed by atoms with Gasteiger partial charge < -0.3 is 16.8 Å². The van der Waals surface area contributed by atoms with E-state index >= 15 is 0 Å². The van der Waals surface area contributed by atoms with E-state index in [0.717, 1.165) is 48.4 Å². The molecule has 0 atom stereocenters. The molecule has 9 heteroatoms. The van der Waals surface area contributed by atoms with Crippen LogP contribution < -0.4 is 16.8 Å². The van der Waals surface area contributed by atoms with E-state index in [2.05, 4.69) is 25.7 Å². The minimum absolute atomic E-state index is 0.142. The number of benzene rings is 2. The number of urea groups is 1. The van der Waals surface area contributed by atoms with Crippen molar-refractivity contribution in [2.75, 3.05) is 18.8 Å². The summed E-state index contributed by atoms with van der Waals surface area (Å²) in [6.45, 7) is 1.76. The van der Waals surface area contributed by atoms with E-state index < -0.39 is 6.03 Å². The molecule has 2 aromatic carbocycles. The normalized spacial score (nSPS) is 14.9. The molecule has 0 radical (unpaired) electrons. The van der Waals surface area contributed by atoms with Crippen LogP contribution in [0.25, 0.3) is 22.4 Å². The predicted octanol–water partition coefficient (Wildman–Crippen LogP) is 3.81. The number of carbonyl (C=O) groups excluding carboxylic acids is 1. The fourth-order valence-corrected chi connectivity index (χ4v) is 4.83. The average molecular weight is 453 g/mol. The van der Waals surface area contributed by atoms with E-state index in [1.54, 1.807) is 18.0 Å². The van der Waals surface area contributed by atoms with E-state index in [-0.39, 0.29) is 11.9 Å². The lowest BCUT2D eigenvalue weighted by Crippen LogP contribution is -2.44. The van der Waals surface area contributed by atoms with E-state index in [4.69, 9.17) is 11.5 Å². The molecule has 1 aromatic heterocycles. The molecule has 1 saturated heterocycles. The van der Waals surface area contributed by atoms with Crippen LogP contribution in [0.2, 0.25) is 0 Å². The highest BCUT2D eigenvalue weighted by Crippen LogP contribution is 2.32. The summed E-state index contributed by atoms with van der Waals surface area (Å²) in [4.78, 5) is 19.2. The minimum atomic E-state index is -0.466. The largest absolute Gasteiger partial charge is 0.382 e. The van der Waals surface area contributed by atoms with Crippen LogP contribution in [0.3, 0.4) is 0 Å². The number of amides is 2. The number of rotatable bonds is 6. The number of nitrogen functional groups attached to an aromatic ring is 1. The van der Waals surface area contributed by atoms with Gasteiger partial charge in [-0.05, 0) is 41.7 Å². The Balaban J connectivity index is 1.45. The van der Waals surface area contributed by atoms with E-state index in [1.165, 1.54) is 18.5 Å². The Bertz CT molecular complexity index is 1090. The standard InChI is InChI=1S/C23H25FN6OS/c24-20-11-15(5-6-19(20)21-12-28-22(25)13-27-21)18-4-2-1-3-16(18)14-32-30-9-7-17(8-10-30)29-23(26)31/h1-6,11-13,17H,7-10,14H2,(H2,25,28)(H3,26,29,31). The van der Waals surface area contributed by atoms with Gasteiger partial charge in [0.2, 0.25) is 0 Å². The van der Waals surface area contributed by atoms with Gasteiger partial charge in [-0.15, -0.1) is 0 Å². The summed E-state index contributed by atoms with van der Waals surface area (Å²) in [6.07, 6.45) is 4.64. The number of anilines is 1. The highest BCUT2D eigenvalue weighted by molar-refractivity contribution is 7.96. The van der Waals surface area contributed by atoms with Crippen molar-refractivity contribution >= 4 is 23.8 Å². The van der Waals surface area contributed by atoms with Crippen molar-refractivity contribution in [1.29, 1.82) is 0 Å². The molecule has 1 aliphatic rings. The lowest BCUT2D eigenvalue weighted by molar-refractivity contribution is 0.237. The number of hydrogen-bond acceptors (Lipinski definition) is 6. The summed E-state index contributed by atoms with van der Waals surface area (Å²) in [5, 5.41) is 2.78. The van der Waals surface area contributed by atoms with Crippen LogP contribution in [0.1, 0.15) is 18.4 Å². The Labute approximate surface area is 190 Å². The van der Waals surface area contributed by atoms with Crippen molar-refractivity contribution in [3.8, 4) is 22.4 Å². The van der Waals surface area contributed by atoms with Crippen LogP contribution in [0.15, 0.2) is 54.9 Å². The van der Waals surface area contributed by atoms with Crippen molar-refractivity contribution in [1.82, 2.24) is 19.6 Å². The van der Waals surface area contributed by atoms with E-state index in [0.29, 0.717) is 17.1 Å². The first-order chi connectivity index (χ1) is 15.5. The molecule has 5 N–H and O–H groups in total. The van der Waals surface area contributed by atoms with Gasteiger partial charge in [-0.3, -0.25) is 9.29 Å². The van der Waals surface area contributed by atoms with E-state index in [9.17, 15) is 9.18 Å². The Morgan fingerprint density at radius 1 is 1.12 bits per heavy atom. The molecule has 1 aliphatic heterocycles. The van der Waals surface area contributed by atoms with Gasteiger partial charge in [0.1, 0.15) is 11.6 Å². The number of aromatic nitrogens is 2. The zero-order valence-corrected chi connectivity index (χ0v) is 18.3. The van der Waals surface area contributed by atoms with Crippen molar-refractivity contribution in [2.24, 2.45) is 5.73 Å². The zero-order chi connectivity index (χ0) is 22.5. The van der Waals surface area contributed by atoms with Crippen molar-refractivity contribution < 1.29 is 9.18 Å². The summed E-state index contributed by atoms with van der Waals surface area (Å²) in [7, 11) is 0. The quantitative estimate of drug-likeness (QED) is 0.491. The number of primary amides is 1. The average Bonchev–Trinajstić information content (AvgIpc) is 2.79. The Morgan fingerprint density at radius 2 is 1.91 bits per heavy atom. The van der Waals surface area contributed by atoms with Crippen molar-refractivity contribution in [2.45, 2.75) is 24.6 Å². The SMILES string of the molecule is NC(=O)NC1CCN(SCc2ccccc2-c2ccc(-c3cnc(N)cn3)c(F)c2)CC1. The molecular weight excluding hydrogens is 427 g/mol. The third-order valence-corrected chi connectivity index (χ3v) is 6.62. The van der Waals surface area contributed by atoms with Gasteiger partial charge in [0.15, 0.2) is 0 Å². The van der Waals surface area contributed by atoms with Crippen LogP contribution >= 0.6 is 11.9 Å². The maximum absolute atomic E-state index is 14.9. The summed E-state index contributed by atoms with van der Waals surface area (Å²) in [5.74, 6) is 0.718. The molecule has 1 fully saturated rings. The number of piperidine rings is 1. The fourth-order valence-electron chi connectivity index (χ4n) is 3.79. The van der Waals surface area contributed by atoms with Crippen molar-refractivity contribution in [3.63, 3.8) is 0 Å². The summed E-state index contributed by atoms with van der Waals surface area (Å²) < 4.78 is 17.2. The van der Waals surface area contributed by atoms with E-state index in [1.807, 2.05) is 24.3 Å². The maximum Gasteiger partial charge on any atom is 0.312 e. The van der Waals surface area contributed by atoms with Gasteiger partial charge in [0, 0.05) is 30.4 Å². The molecule has 0 spiro atoms. The lowest BCUT2D eigenvalue weighted by Gasteiger charge is -2.31. The Morgan fingerprint density at radius 3 is 2.59 bits per heavy atom. The summed E-state index contributed by atoms with van der Waals surface area (Å²) in [5.41, 5.74) is 14.6. The number of hydrogen-bond donors (Lipinski definition) is 3. The number of nitrogens with one attached hydrogen (secondary N) is 1. The van der Waals surface area contributed by atoms with Gasteiger partial charge in [0.25, 0.3) is 0 Å². The highest BCUT2D eigenvalue weighted by Gasteiger charge is 2.20. The number of halogens is 1. The van der Waals surface area contributed by atoms with Gasteiger partial charge in [0.05, 0.1) is 18.1 Å². The zero-order valence-electron chi connectivity index (χ0n) is 17.5. The molecular formula is C23H25FN6OS. The topological polar surface area (TPSA) is 110 Å². The molecule has 4 rings (SSSR count). The van der Waals surface area contributed by atoms with Gasteiger partial charge >= 0.3 is 6.03 Å². The highest BCUT2D eigenvalue weighted by atomic mass is 32.2. The summed E-state index contributed by atoms with van der Waals surface area (Å²) in [6, 6.07) is 12.9. The molecule has 3 aromatic rings. The summed E-state index contributed by atoms with van der Waals surface area (Å²) >= 11 is 1.75. The molecule has 0 unspecified atom stereocenters. The first-order valence-corrected chi connectivity index (χ1v) is 11.3. The second-order valence-corrected chi connectivity index (χ2v) is 8.73. The van der Waals surface area contributed by atoms with Crippen molar-refractivity contribution in [3.05, 3.63) is 66.2 Å². The number of nitrogens with two attached hydrogens (primary N) is 2. The van der Waals surface area contributed by atoms with Crippen LogP contribution in [-0.2, 0) is 5.75 Å². The molecule has 7 nitrogen and oxygen atoms in total. The monoisotopic (exact) mass is 452 g/mol. The molecule has 0 saturated carbocycles. The van der Waals surface area contributed by atoms with Gasteiger partial charge in [-0.2, -0.15) is 0 Å². The first-order valence-electron chi connectivity index (χ1n) is 10.4. The molecule has 2 amide bonds. The second-order valence-electron chi connectivity index (χ2n) is 7.66. The Hall–Kier alpha value is -3.17. The van der Waals surface area contributed by atoms with Gasteiger partial charge in [-0.1, -0.05) is 42.3 Å². The van der Waals surface area contributed by atoms with Crippen LogP contribution in [0.4, 0.5) is 15.0 Å². The lowest BCUT2D eigenvalue weighted by atomic mass is 9.98. The fraction of sp³-hybridized carbons (Fsp3) is 0.261. The molecule has 166 valence electrons. The van der Waals surface area contributed by atoms with Crippen LogP contribution in [0, 0.1) is 5.82 Å². The number of nitrogens with zero attached hydrogens (tertiary/aromatic N) is 3. The van der Waals surface area contributed by atoms with Gasteiger partial charge in [-0.25, -0.2) is 14.2 Å². The molecule has 32 heavy (non-hydrogen) atoms. The minimum Gasteiger partial charge on any atom is -0.382 e. The van der Waals surface area contributed by atoms with Crippen LogP contribution in [0.5, 0.6) is 0 Å². The smallest absolute Gasteiger partial charge is 0.312 e. The molecule has 0 bridgehead atoms. The Kier molecular flexibility index (Phi) is 6.87. The third kappa shape index (κ3) is 5.35. The van der Waals surface area contributed by atoms with Crippen LogP contribution in [-0.4, -0.2) is 39.4 Å². The second kappa shape index (κ2) is 9.97. The predicted molar refractivity (Wildman–Crippen MR) is 126 cm³/mol. The molecule has 2 heterocycles. The number of carbonyl (C=O) groups is 1. The third-order valence-electron chi connectivity index (χ3n) is 5.45. The molecule has 0 aliphatic carbocycles.